The Morgan fingerprint density at radius 1 is 1.06 bits per heavy atom. The summed E-state index contributed by atoms with van der Waals surface area (Å²) < 4.78 is 31.9. The van der Waals surface area contributed by atoms with Crippen LogP contribution in [0.2, 0.25) is 0 Å². The number of ether oxygens (including phenoxy) is 1. The minimum atomic E-state index is -1.34. The van der Waals surface area contributed by atoms with Gasteiger partial charge in [-0.15, -0.1) is 12.4 Å². The van der Waals surface area contributed by atoms with Gasteiger partial charge in [-0.3, -0.25) is 4.90 Å². The van der Waals surface area contributed by atoms with Crippen LogP contribution >= 0.6 is 12.4 Å². The summed E-state index contributed by atoms with van der Waals surface area (Å²) in [7, 11) is 1.51. The van der Waals surface area contributed by atoms with Crippen molar-refractivity contribution in [3.63, 3.8) is 0 Å². The maximum Gasteiger partial charge on any atom is 0.406 e. The first-order valence-corrected chi connectivity index (χ1v) is 9.75. The maximum absolute atomic E-state index is 13.4. The van der Waals surface area contributed by atoms with Gasteiger partial charge in [0.25, 0.3) is 0 Å². The number of carbonyl (C=O) groups is 1. The summed E-state index contributed by atoms with van der Waals surface area (Å²) in [5.74, 6) is -0.864. The van der Waals surface area contributed by atoms with Crippen LogP contribution in [0.3, 0.4) is 0 Å². The van der Waals surface area contributed by atoms with Gasteiger partial charge in [0.05, 0.1) is 0 Å². The van der Waals surface area contributed by atoms with Crippen molar-refractivity contribution >= 4 is 18.5 Å². The lowest BCUT2D eigenvalue weighted by Gasteiger charge is -2.42. The van der Waals surface area contributed by atoms with Gasteiger partial charge in [0.15, 0.2) is 0 Å². The van der Waals surface area contributed by atoms with E-state index in [1.54, 1.807) is 24.3 Å². The largest absolute Gasteiger partial charge is 0.448 e. The van der Waals surface area contributed by atoms with E-state index in [9.17, 15) is 18.7 Å². The van der Waals surface area contributed by atoms with Gasteiger partial charge in [-0.25, -0.2) is 13.6 Å². The third-order valence-corrected chi connectivity index (χ3v) is 5.59. The van der Waals surface area contributed by atoms with Gasteiger partial charge in [0, 0.05) is 13.6 Å². The van der Waals surface area contributed by atoms with E-state index in [-0.39, 0.29) is 35.4 Å². The van der Waals surface area contributed by atoms with E-state index in [1.165, 1.54) is 31.3 Å². The number of hydrogen-bond donors (Lipinski definition) is 2. The lowest BCUT2D eigenvalue weighted by Crippen LogP contribution is -2.45. The Balaban J connectivity index is 0.00000240. The number of alkyl carbamates (subject to hydrolysis) is 1. The van der Waals surface area contributed by atoms with Crippen LogP contribution in [0.1, 0.15) is 24.0 Å². The normalized spacial score (nSPS) is 14.8. The van der Waals surface area contributed by atoms with Crippen molar-refractivity contribution in [2.45, 2.75) is 18.4 Å². The van der Waals surface area contributed by atoms with Gasteiger partial charge in [-0.05, 0) is 67.2 Å². The summed E-state index contributed by atoms with van der Waals surface area (Å²) in [6.45, 7) is 2.37. The molecule has 2 aromatic carbocycles. The Morgan fingerprint density at radius 3 is 1.94 bits per heavy atom. The summed E-state index contributed by atoms with van der Waals surface area (Å²) in [5.41, 5.74) is -0.162. The van der Waals surface area contributed by atoms with E-state index in [1.807, 2.05) is 0 Å². The molecule has 6 nitrogen and oxygen atoms in total. The number of aliphatic hydroxyl groups is 1. The molecule has 4 N–H and O–H groups in total. The SMILES string of the molecule is CNC(=O)OCCN1CCC(C(O)(c2ccc(F)cc2)c2ccc(F)cc2)CC1.Cl.O. The molecule has 31 heavy (non-hydrogen) atoms. The molecule has 9 heteroatoms. The van der Waals surface area contributed by atoms with Crippen molar-refractivity contribution in [2.24, 2.45) is 5.92 Å². The zero-order valence-corrected chi connectivity index (χ0v) is 18.1. The van der Waals surface area contributed by atoms with Gasteiger partial charge in [0.1, 0.15) is 23.8 Å². The lowest BCUT2D eigenvalue weighted by molar-refractivity contribution is -0.0161. The molecule has 0 unspecified atom stereocenters. The fourth-order valence-corrected chi connectivity index (χ4v) is 3.96. The molecule has 1 aliphatic rings. The quantitative estimate of drug-likeness (QED) is 0.696. The van der Waals surface area contributed by atoms with Gasteiger partial charge in [-0.2, -0.15) is 0 Å². The number of benzene rings is 2. The summed E-state index contributed by atoms with van der Waals surface area (Å²) in [6, 6.07) is 11.7. The van der Waals surface area contributed by atoms with Crippen molar-refractivity contribution in [1.82, 2.24) is 10.2 Å². The summed E-state index contributed by atoms with van der Waals surface area (Å²) in [4.78, 5) is 13.3. The van der Waals surface area contributed by atoms with Crippen LogP contribution in [0.25, 0.3) is 0 Å². The molecule has 0 saturated carbocycles. The fourth-order valence-electron chi connectivity index (χ4n) is 3.96. The van der Waals surface area contributed by atoms with Crippen molar-refractivity contribution in [1.29, 1.82) is 0 Å². The predicted molar refractivity (Wildman–Crippen MR) is 116 cm³/mol. The summed E-state index contributed by atoms with van der Waals surface area (Å²) >= 11 is 0. The summed E-state index contributed by atoms with van der Waals surface area (Å²) in [5, 5.41) is 14.2. The zero-order chi connectivity index (χ0) is 20.9. The minimum absolute atomic E-state index is 0. The fraction of sp³-hybridized carbons (Fsp3) is 0.409. The third-order valence-electron chi connectivity index (χ3n) is 5.59. The van der Waals surface area contributed by atoms with Crippen molar-refractivity contribution in [3.8, 4) is 0 Å². The van der Waals surface area contributed by atoms with Crippen LogP contribution in [0.15, 0.2) is 48.5 Å². The molecule has 172 valence electrons. The van der Waals surface area contributed by atoms with E-state index >= 15 is 0 Å². The summed E-state index contributed by atoms with van der Waals surface area (Å²) in [6.07, 6.45) is 0.943. The van der Waals surface area contributed by atoms with E-state index in [0.29, 0.717) is 37.1 Å². The number of piperidine rings is 1. The zero-order valence-electron chi connectivity index (χ0n) is 17.3. The number of amides is 1. The van der Waals surface area contributed by atoms with E-state index in [0.717, 1.165) is 13.1 Å². The first-order chi connectivity index (χ1) is 13.9. The Kier molecular flexibility index (Phi) is 10.3. The lowest BCUT2D eigenvalue weighted by atomic mass is 9.72. The molecule has 0 aliphatic carbocycles. The second-order valence-electron chi connectivity index (χ2n) is 7.28. The van der Waals surface area contributed by atoms with Crippen molar-refractivity contribution in [3.05, 3.63) is 71.3 Å². The molecule has 1 amide bonds. The first-order valence-electron chi connectivity index (χ1n) is 9.75. The number of hydrogen-bond acceptors (Lipinski definition) is 4. The van der Waals surface area contributed by atoms with E-state index < -0.39 is 11.7 Å². The van der Waals surface area contributed by atoms with Gasteiger partial charge in [0.2, 0.25) is 0 Å². The van der Waals surface area contributed by atoms with Crippen molar-refractivity contribution in [2.75, 3.05) is 33.3 Å². The Morgan fingerprint density at radius 2 is 1.52 bits per heavy atom. The number of rotatable bonds is 6. The highest BCUT2D eigenvalue weighted by Gasteiger charge is 2.41. The molecule has 0 spiro atoms. The van der Waals surface area contributed by atoms with Crippen molar-refractivity contribution < 1.29 is 28.9 Å². The standard InChI is InChI=1S/C22H26F2N2O3.ClH.H2O/c1-25-21(27)29-15-14-26-12-10-18(11-13-26)22(28,16-2-6-19(23)7-3-16)17-4-8-20(24)9-5-17;;/h2-9,18,28H,10-15H2,1H3,(H,25,27);1H;1H2. The second kappa shape index (κ2) is 12.0. The van der Waals surface area contributed by atoms with Gasteiger partial charge >= 0.3 is 6.09 Å². The average molecular weight is 459 g/mol. The smallest absolute Gasteiger partial charge is 0.406 e. The van der Waals surface area contributed by atoms with Crippen LogP contribution in [-0.4, -0.2) is 54.9 Å². The highest BCUT2D eigenvalue weighted by Crippen LogP contribution is 2.42. The second-order valence-corrected chi connectivity index (χ2v) is 7.28. The van der Waals surface area contributed by atoms with Crippen LogP contribution < -0.4 is 5.32 Å². The molecule has 1 heterocycles. The molecule has 3 rings (SSSR count). The number of carbonyl (C=O) groups excluding carboxylic acids is 1. The first kappa shape index (κ1) is 26.8. The molecule has 1 aliphatic heterocycles. The van der Waals surface area contributed by atoms with Crippen LogP contribution in [-0.2, 0) is 10.3 Å². The Labute approximate surface area is 186 Å². The number of halogens is 3. The number of nitrogens with one attached hydrogen (secondary N) is 1. The average Bonchev–Trinajstić information content (AvgIpc) is 2.74. The number of likely N-dealkylation sites (tertiary alicyclic amines) is 1. The Hall–Kier alpha value is -2.26. The predicted octanol–water partition coefficient (Wildman–Crippen LogP) is 2.87. The molecule has 0 aromatic heterocycles. The third kappa shape index (κ3) is 6.36. The molecule has 1 fully saturated rings. The number of nitrogens with zero attached hydrogens (tertiary/aromatic N) is 1. The van der Waals surface area contributed by atoms with E-state index in [4.69, 9.17) is 4.74 Å². The molecular weight excluding hydrogens is 430 g/mol. The van der Waals surface area contributed by atoms with Gasteiger partial charge < -0.3 is 20.6 Å². The monoisotopic (exact) mass is 458 g/mol. The van der Waals surface area contributed by atoms with Crippen LogP contribution in [0.4, 0.5) is 13.6 Å². The molecule has 0 bridgehead atoms. The maximum atomic E-state index is 13.4. The highest BCUT2D eigenvalue weighted by atomic mass is 35.5. The minimum Gasteiger partial charge on any atom is -0.448 e. The highest BCUT2D eigenvalue weighted by molar-refractivity contribution is 5.85. The molecule has 1 saturated heterocycles. The topological polar surface area (TPSA) is 93.3 Å². The molecule has 0 radical (unpaired) electrons. The van der Waals surface area contributed by atoms with Crippen LogP contribution in [0.5, 0.6) is 0 Å². The van der Waals surface area contributed by atoms with E-state index in [2.05, 4.69) is 10.2 Å². The molecular formula is C22H29ClF2N2O4. The van der Waals surface area contributed by atoms with Gasteiger partial charge in [-0.1, -0.05) is 24.3 Å². The molecule has 2 aromatic rings. The Bertz CT molecular complexity index is 768. The molecule has 0 atom stereocenters. The van der Waals surface area contributed by atoms with Crippen LogP contribution in [0, 0.1) is 17.6 Å².